The third-order valence-corrected chi connectivity index (χ3v) is 1.36. The number of hydrogen-bond acceptors (Lipinski definition) is 3. The Hall–Kier alpha value is -0.800. The van der Waals surface area contributed by atoms with E-state index in [1.54, 1.807) is 13.4 Å². The van der Waals surface area contributed by atoms with Crippen LogP contribution in [-0.4, -0.2) is 13.7 Å². The van der Waals surface area contributed by atoms with E-state index in [0.717, 1.165) is 5.76 Å². The third kappa shape index (κ3) is 1.37. The van der Waals surface area contributed by atoms with Crippen LogP contribution in [0.4, 0.5) is 0 Å². The molecule has 1 unspecified atom stereocenters. The van der Waals surface area contributed by atoms with Gasteiger partial charge in [0.05, 0.1) is 6.26 Å². The van der Waals surface area contributed by atoms with Gasteiger partial charge in [-0.05, 0) is 12.1 Å². The van der Waals surface area contributed by atoms with Gasteiger partial charge in [0.2, 0.25) is 0 Å². The van der Waals surface area contributed by atoms with Crippen molar-refractivity contribution in [3.05, 3.63) is 24.2 Å². The zero-order valence-electron chi connectivity index (χ0n) is 5.91. The normalized spacial score (nSPS) is 13.4. The average Bonchev–Trinajstić information content (AvgIpc) is 2.43. The lowest BCUT2D eigenvalue weighted by molar-refractivity contribution is 0.0909. The van der Waals surface area contributed by atoms with Gasteiger partial charge in [-0.1, -0.05) is 0 Å². The Morgan fingerprint density at radius 2 is 2.60 bits per heavy atom. The van der Waals surface area contributed by atoms with E-state index < -0.39 is 0 Å². The first kappa shape index (κ1) is 7.31. The van der Waals surface area contributed by atoms with Crippen LogP contribution in [0.2, 0.25) is 0 Å². The van der Waals surface area contributed by atoms with Gasteiger partial charge in [-0.25, -0.2) is 0 Å². The fraction of sp³-hybridized carbons (Fsp3) is 0.429. The molecule has 1 aromatic rings. The van der Waals surface area contributed by atoms with Gasteiger partial charge >= 0.3 is 0 Å². The molecule has 3 nitrogen and oxygen atoms in total. The van der Waals surface area contributed by atoms with Crippen LogP contribution >= 0.6 is 0 Å². The van der Waals surface area contributed by atoms with Gasteiger partial charge in [0.1, 0.15) is 11.9 Å². The van der Waals surface area contributed by atoms with Crippen molar-refractivity contribution >= 4 is 0 Å². The van der Waals surface area contributed by atoms with E-state index in [4.69, 9.17) is 14.9 Å². The van der Waals surface area contributed by atoms with E-state index in [1.807, 2.05) is 12.1 Å². The summed E-state index contributed by atoms with van der Waals surface area (Å²) in [6.07, 6.45) is 1.51. The van der Waals surface area contributed by atoms with E-state index >= 15 is 0 Å². The molecule has 3 heteroatoms. The van der Waals surface area contributed by atoms with Crippen LogP contribution in [0.1, 0.15) is 11.9 Å². The van der Waals surface area contributed by atoms with Gasteiger partial charge in [0.25, 0.3) is 0 Å². The highest BCUT2D eigenvalue weighted by atomic mass is 16.5. The van der Waals surface area contributed by atoms with E-state index in [9.17, 15) is 0 Å². The van der Waals surface area contributed by atoms with Crippen LogP contribution in [0.3, 0.4) is 0 Å². The van der Waals surface area contributed by atoms with Gasteiger partial charge in [-0.2, -0.15) is 0 Å². The summed E-state index contributed by atoms with van der Waals surface area (Å²) in [5.41, 5.74) is 5.39. The molecule has 10 heavy (non-hydrogen) atoms. The monoisotopic (exact) mass is 141 g/mol. The maximum atomic E-state index is 5.39. The molecular weight excluding hydrogens is 130 g/mol. The molecule has 0 spiro atoms. The first-order valence-corrected chi connectivity index (χ1v) is 3.14. The second kappa shape index (κ2) is 3.39. The summed E-state index contributed by atoms with van der Waals surface area (Å²) in [5.74, 6) is 0.782. The van der Waals surface area contributed by atoms with Crippen LogP contribution in [0.5, 0.6) is 0 Å². The Morgan fingerprint density at radius 1 is 1.80 bits per heavy atom. The Bertz CT molecular complexity index is 168. The first-order chi connectivity index (χ1) is 4.88. The summed E-state index contributed by atoms with van der Waals surface area (Å²) in [7, 11) is 1.61. The molecule has 1 rings (SSSR count). The Balaban J connectivity index is 2.64. The molecule has 0 aliphatic carbocycles. The number of methoxy groups -OCH3 is 1. The van der Waals surface area contributed by atoms with Gasteiger partial charge in [0.15, 0.2) is 0 Å². The Labute approximate surface area is 59.8 Å². The standard InChI is InChI=1S/C7H11NO2/c1-9-7(5-8)6-3-2-4-10-6/h2-4,7H,5,8H2,1H3. The summed E-state index contributed by atoms with van der Waals surface area (Å²) in [6, 6.07) is 3.66. The van der Waals surface area contributed by atoms with Crippen molar-refractivity contribution in [1.29, 1.82) is 0 Å². The van der Waals surface area contributed by atoms with Gasteiger partial charge < -0.3 is 14.9 Å². The average molecular weight is 141 g/mol. The van der Waals surface area contributed by atoms with Crippen LogP contribution in [-0.2, 0) is 4.74 Å². The van der Waals surface area contributed by atoms with Crippen LogP contribution in [0.15, 0.2) is 22.8 Å². The molecule has 0 bridgehead atoms. The van der Waals surface area contributed by atoms with E-state index in [2.05, 4.69) is 0 Å². The number of rotatable bonds is 3. The molecular formula is C7H11NO2. The maximum Gasteiger partial charge on any atom is 0.133 e. The van der Waals surface area contributed by atoms with Crippen LogP contribution in [0.25, 0.3) is 0 Å². The smallest absolute Gasteiger partial charge is 0.133 e. The Kier molecular flexibility index (Phi) is 2.48. The quantitative estimate of drug-likeness (QED) is 0.681. The molecule has 1 aromatic heterocycles. The predicted molar refractivity (Wildman–Crippen MR) is 37.5 cm³/mol. The van der Waals surface area contributed by atoms with Gasteiger partial charge in [-0.15, -0.1) is 0 Å². The van der Waals surface area contributed by atoms with Crippen molar-refractivity contribution in [3.63, 3.8) is 0 Å². The van der Waals surface area contributed by atoms with Crippen molar-refractivity contribution in [2.45, 2.75) is 6.10 Å². The molecule has 1 heterocycles. The molecule has 1 atom stereocenters. The van der Waals surface area contributed by atoms with E-state index in [-0.39, 0.29) is 6.10 Å². The summed E-state index contributed by atoms with van der Waals surface area (Å²) in [5, 5.41) is 0. The van der Waals surface area contributed by atoms with Crippen LogP contribution in [0, 0.1) is 0 Å². The molecule has 0 aliphatic rings. The zero-order valence-corrected chi connectivity index (χ0v) is 5.91. The third-order valence-electron chi connectivity index (χ3n) is 1.36. The minimum atomic E-state index is -0.102. The number of nitrogens with two attached hydrogens (primary N) is 1. The van der Waals surface area contributed by atoms with E-state index in [1.165, 1.54) is 0 Å². The molecule has 56 valence electrons. The molecule has 0 radical (unpaired) electrons. The lowest BCUT2D eigenvalue weighted by atomic mass is 10.3. The molecule has 2 N–H and O–H groups in total. The minimum Gasteiger partial charge on any atom is -0.467 e. The molecule has 0 amide bonds. The molecule has 0 aliphatic heterocycles. The maximum absolute atomic E-state index is 5.39. The number of hydrogen-bond donors (Lipinski definition) is 1. The SMILES string of the molecule is COC(CN)c1ccco1. The largest absolute Gasteiger partial charge is 0.467 e. The van der Waals surface area contributed by atoms with Crippen molar-refractivity contribution in [1.82, 2.24) is 0 Å². The first-order valence-electron chi connectivity index (χ1n) is 3.14. The molecule has 0 saturated heterocycles. The highest BCUT2D eigenvalue weighted by Gasteiger charge is 2.09. The topological polar surface area (TPSA) is 48.4 Å². The predicted octanol–water partition coefficient (Wildman–Crippen LogP) is 0.926. The second-order valence-electron chi connectivity index (χ2n) is 1.98. The fourth-order valence-electron chi connectivity index (χ4n) is 0.803. The number of ether oxygens (including phenoxy) is 1. The molecule has 0 fully saturated rings. The van der Waals surface area contributed by atoms with Crippen molar-refractivity contribution in [2.75, 3.05) is 13.7 Å². The van der Waals surface area contributed by atoms with Crippen molar-refractivity contribution in [3.8, 4) is 0 Å². The zero-order chi connectivity index (χ0) is 7.40. The van der Waals surface area contributed by atoms with Crippen LogP contribution < -0.4 is 5.73 Å². The van der Waals surface area contributed by atoms with Crippen molar-refractivity contribution in [2.24, 2.45) is 5.73 Å². The van der Waals surface area contributed by atoms with E-state index in [0.29, 0.717) is 6.54 Å². The van der Waals surface area contributed by atoms with Gasteiger partial charge in [0, 0.05) is 13.7 Å². The lowest BCUT2D eigenvalue weighted by Crippen LogP contribution is -2.13. The summed E-state index contributed by atoms with van der Waals surface area (Å²) in [4.78, 5) is 0. The summed E-state index contributed by atoms with van der Waals surface area (Å²) >= 11 is 0. The number of furan rings is 1. The minimum absolute atomic E-state index is 0.102. The lowest BCUT2D eigenvalue weighted by Gasteiger charge is -2.07. The van der Waals surface area contributed by atoms with Crippen molar-refractivity contribution < 1.29 is 9.15 Å². The second-order valence-corrected chi connectivity index (χ2v) is 1.98. The highest BCUT2D eigenvalue weighted by molar-refractivity contribution is 5.02. The molecule has 0 saturated carbocycles. The fourth-order valence-corrected chi connectivity index (χ4v) is 0.803. The molecule has 0 aromatic carbocycles. The summed E-state index contributed by atoms with van der Waals surface area (Å²) in [6.45, 7) is 0.448. The summed E-state index contributed by atoms with van der Waals surface area (Å²) < 4.78 is 10.1. The highest BCUT2D eigenvalue weighted by Crippen LogP contribution is 2.14. The van der Waals surface area contributed by atoms with Gasteiger partial charge in [-0.3, -0.25) is 0 Å². The Morgan fingerprint density at radius 3 is 3.00 bits per heavy atom.